The van der Waals surface area contributed by atoms with Crippen LogP contribution in [0.5, 0.6) is 0 Å². The summed E-state index contributed by atoms with van der Waals surface area (Å²) in [7, 11) is 0. The molecule has 0 bridgehead atoms. The lowest BCUT2D eigenvalue weighted by Gasteiger charge is -2.45. The molecule has 2 fully saturated rings. The Morgan fingerprint density at radius 1 is 1.36 bits per heavy atom. The first-order valence-electron chi connectivity index (χ1n) is 7.38. The van der Waals surface area contributed by atoms with Gasteiger partial charge in [-0.1, -0.05) is 6.92 Å². The zero-order valence-corrected chi connectivity index (χ0v) is 14.5. The number of aliphatic carboxylic acids is 1. The molecule has 0 aromatic carbocycles. The Balaban J connectivity index is 2.24. The highest BCUT2D eigenvalue weighted by Gasteiger charge is 2.53. The maximum atomic E-state index is 12.7. The standard InChI is InChI=1S/C14H22N2O4S2/c1-9(7-21)12(18)16-11(13(19)20)8-22-14(16)3-5-15(6-4-14)10(2)17/h9,11,21H,3-8H2,1-2H3,(H,19,20)/t9-,11+/m1/s1. The van der Waals surface area contributed by atoms with Gasteiger partial charge in [0.2, 0.25) is 11.8 Å². The van der Waals surface area contributed by atoms with Gasteiger partial charge in [-0.25, -0.2) is 4.79 Å². The average molecular weight is 346 g/mol. The van der Waals surface area contributed by atoms with E-state index < -0.39 is 16.9 Å². The smallest absolute Gasteiger partial charge is 0.327 e. The third-order valence-corrected chi connectivity index (χ3v) is 6.64. The van der Waals surface area contributed by atoms with E-state index in [1.807, 2.05) is 0 Å². The normalized spacial score (nSPS) is 25.3. The average Bonchev–Trinajstić information content (AvgIpc) is 2.85. The maximum Gasteiger partial charge on any atom is 0.327 e. The van der Waals surface area contributed by atoms with Crippen molar-refractivity contribution in [2.75, 3.05) is 24.6 Å². The molecule has 2 amide bonds. The molecule has 0 saturated carbocycles. The van der Waals surface area contributed by atoms with Gasteiger partial charge in [-0.2, -0.15) is 12.6 Å². The number of carbonyl (C=O) groups excluding carboxylic acids is 2. The minimum Gasteiger partial charge on any atom is -0.480 e. The van der Waals surface area contributed by atoms with Crippen LogP contribution in [0, 0.1) is 5.92 Å². The Bertz CT molecular complexity index is 477. The third kappa shape index (κ3) is 3.08. The zero-order valence-electron chi connectivity index (χ0n) is 12.8. The molecule has 0 unspecified atom stereocenters. The lowest BCUT2D eigenvalue weighted by molar-refractivity contribution is -0.154. The van der Waals surface area contributed by atoms with Crippen molar-refractivity contribution in [1.82, 2.24) is 9.80 Å². The van der Waals surface area contributed by atoms with Gasteiger partial charge in [0.05, 0.1) is 4.87 Å². The molecule has 22 heavy (non-hydrogen) atoms. The summed E-state index contributed by atoms with van der Waals surface area (Å²) in [5.41, 5.74) is 0. The number of hydrogen-bond donors (Lipinski definition) is 2. The van der Waals surface area contributed by atoms with Crippen molar-refractivity contribution in [2.45, 2.75) is 37.6 Å². The number of likely N-dealkylation sites (tertiary alicyclic amines) is 1. The van der Waals surface area contributed by atoms with Crippen molar-refractivity contribution in [2.24, 2.45) is 5.92 Å². The predicted molar refractivity (Wildman–Crippen MR) is 88.0 cm³/mol. The number of thioether (sulfide) groups is 1. The van der Waals surface area contributed by atoms with Gasteiger partial charge in [-0.3, -0.25) is 9.59 Å². The summed E-state index contributed by atoms with van der Waals surface area (Å²) in [4.78, 5) is 38.5. The van der Waals surface area contributed by atoms with Crippen molar-refractivity contribution in [3.05, 3.63) is 0 Å². The molecule has 0 aromatic rings. The van der Waals surface area contributed by atoms with Gasteiger partial charge in [-0.15, -0.1) is 11.8 Å². The molecule has 2 saturated heterocycles. The summed E-state index contributed by atoms with van der Waals surface area (Å²) in [5, 5.41) is 9.45. The van der Waals surface area contributed by atoms with Crippen LogP contribution in [0.2, 0.25) is 0 Å². The van der Waals surface area contributed by atoms with E-state index in [0.717, 1.165) is 0 Å². The number of rotatable bonds is 3. The molecule has 2 aliphatic heterocycles. The minimum absolute atomic E-state index is 0.0224. The molecule has 1 spiro atoms. The molecule has 124 valence electrons. The molecule has 2 rings (SSSR count). The first kappa shape index (κ1) is 17.5. The number of hydrogen-bond acceptors (Lipinski definition) is 5. The molecule has 0 aliphatic carbocycles. The van der Waals surface area contributed by atoms with Gasteiger partial charge in [0, 0.05) is 37.4 Å². The van der Waals surface area contributed by atoms with E-state index >= 15 is 0 Å². The lowest BCUT2D eigenvalue weighted by atomic mass is 9.98. The van der Waals surface area contributed by atoms with E-state index in [-0.39, 0.29) is 17.7 Å². The number of carboxylic acids is 1. The molecule has 1 N–H and O–H groups in total. The largest absolute Gasteiger partial charge is 0.480 e. The van der Waals surface area contributed by atoms with E-state index in [4.69, 9.17) is 0 Å². The third-order valence-electron chi connectivity index (χ3n) is 4.47. The van der Waals surface area contributed by atoms with Crippen LogP contribution in [-0.2, 0) is 14.4 Å². The second kappa shape index (κ2) is 6.70. The number of nitrogens with zero attached hydrogens (tertiary/aromatic N) is 2. The van der Waals surface area contributed by atoms with E-state index in [1.54, 1.807) is 28.5 Å². The minimum atomic E-state index is -0.960. The van der Waals surface area contributed by atoms with E-state index in [2.05, 4.69) is 12.6 Å². The summed E-state index contributed by atoms with van der Waals surface area (Å²) in [5.74, 6) is -0.606. The van der Waals surface area contributed by atoms with Crippen molar-refractivity contribution in [3.8, 4) is 0 Å². The highest BCUT2D eigenvalue weighted by molar-refractivity contribution is 8.01. The van der Waals surface area contributed by atoms with E-state index in [1.165, 1.54) is 6.92 Å². The molecule has 2 aliphatic rings. The number of carboxylic acid groups (broad SMARTS) is 1. The number of thiol groups is 1. The van der Waals surface area contributed by atoms with Crippen molar-refractivity contribution in [3.63, 3.8) is 0 Å². The second-order valence-corrected chi connectivity index (χ2v) is 7.66. The van der Waals surface area contributed by atoms with Crippen molar-refractivity contribution in [1.29, 1.82) is 0 Å². The van der Waals surface area contributed by atoms with Crippen molar-refractivity contribution >= 4 is 42.2 Å². The Labute approximate surface area is 140 Å². The van der Waals surface area contributed by atoms with Crippen LogP contribution in [0.4, 0.5) is 0 Å². The second-order valence-electron chi connectivity index (χ2n) is 5.91. The lowest BCUT2D eigenvalue weighted by Crippen LogP contribution is -2.58. The zero-order chi connectivity index (χ0) is 16.5. The summed E-state index contributed by atoms with van der Waals surface area (Å²) in [6, 6.07) is -0.788. The first-order chi connectivity index (χ1) is 10.3. The number of carbonyl (C=O) groups is 3. The van der Waals surface area contributed by atoms with Crippen LogP contribution in [0.3, 0.4) is 0 Å². The molecule has 8 heteroatoms. The van der Waals surface area contributed by atoms with Gasteiger partial charge in [0.15, 0.2) is 0 Å². The molecule has 6 nitrogen and oxygen atoms in total. The highest BCUT2D eigenvalue weighted by atomic mass is 32.2. The monoisotopic (exact) mass is 346 g/mol. The molecule has 0 aromatic heterocycles. The Hall–Kier alpha value is -0.890. The Kier molecular flexibility index (Phi) is 5.32. The fourth-order valence-electron chi connectivity index (χ4n) is 3.07. The van der Waals surface area contributed by atoms with Crippen LogP contribution < -0.4 is 0 Å². The van der Waals surface area contributed by atoms with Crippen molar-refractivity contribution < 1.29 is 19.5 Å². The Morgan fingerprint density at radius 3 is 2.41 bits per heavy atom. The topological polar surface area (TPSA) is 77.9 Å². The first-order valence-corrected chi connectivity index (χ1v) is 9.00. The summed E-state index contributed by atoms with van der Waals surface area (Å²) >= 11 is 5.71. The number of piperidine rings is 1. The van der Waals surface area contributed by atoms with Gasteiger partial charge >= 0.3 is 5.97 Å². The van der Waals surface area contributed by atoms with Gasteiger partial charge in [0.1, 0.15) is 6.04 Å². The highest BCUT2D eigenvalue weighted by Crippen LogP contribution is 2.47. The van der Waals surface area contributed by atoms with Gasteiger partial charge in [-0.05, 0) is 12.8 Å². The number of amides is 2. The summed E-state index contributed by atoms with van der Waals surface area (Å²) in [6.07, 6.45) is 1.23. The van der Waals surface area contributed by atoms with Crippen LogP contribution in [0.25, 0.3) is 0 Å². The molecule has 0 radical (unpaired) electrons. The molecule has 2 heterocycles. The summed E-state index contributed by atoms with van der Waals surface area (Å²) in [6.45, 7) is 4.43. The van der Waals surface area contributed by atoms with E-state index in [0.29, 0.717) is 37.4 Å². The molecular weight excluding hydrogens is 324 g/mol. The maximum absolute atomic E-state index is 12.7. The van der Waals surface area contributed by atoms with Gasteiger partial charge in [0.25, 0.3) is 0 Å². The quantitative estimate of drug-likeness (QED) is 0.743. The summed E-state index contributed by atoms with van der Waals surface area (Å²) < 4.78 is 0. The molecular formula is C14H22N2O4S2. The SMILES string of the molecule is CC(=O)N1CCC2(CC1)SC[C@@H](C(=O)O)N2C(=O)[C@H](C)CS. The van der Waals surface area contributed by atoms with Crippen LogP contribution in [0.1, 0.15) is 26.7 Å². The van der Waals surface area contributed by atoms with Crippen LogP contribution >= 0.6 is 24.4 Å². The van der Waals surface area contributed by atoms with Crippen LogP contribution in [0.15, 0.2) is 0 Å². The van der Waals surface area contributed by atoms with Crippen LogP contribution in [-0.4, -0.2) is 68.2 Å². The van der Waals surface area contributed by atoms with E-state index in [9.17, 15) is 19.5 Å². The Morgan fingerprint density at radius 2 is 1.95 bits per heavy atom. The molecule has 2 atom stereocenters. The predicted octanol–water partition coefficient (Wildman–Crippen LogP) is 0.919. The fourth-order valence-corrected chi connectivity index (χ4v) is 4.81. The fraction of sp³-hybridized carbons (Fsp3) is 0.786. The van der Waals surface area contributed by atoms with Gasteiger partial charge < -0.3 is 14.9 Å².